The van der Waals surface area contributed by atoms with E-state index in [0.717, 1.165) is 6.20 Å². The SMILES string of the molecule is N#Cc1cnc2c(F)c(F)cc(F)c2c1N. The van der Waals surface area contributed by atoms with Crippen molar-refractivity contribution in [3.8, 4) is 6.07 Å². The number of nitrogen functional groups attached to an aromatic ring is 1. The van der Waals surface area contributed by atoms with Crippen molar-refractivity contribution < 1.29 is 13.2 Å². The van der Waals surface area contributed by atoms with E-state index in [2.05, 4.69) is 4.98 Å². The number of fused-ring (bicyclic) bond motifs is 1. The summed E-state index contributed by atoms with van der Waals surface area (Å²) in [6.07, 6.45) is 0.972. The number of benzene rings is 1. The van der Waals surface area contributed by atoms with Gasteiger partial charge in [-0.25, -0.2) is 13.2 Å². The number of halogens is 3. The van der Waals surface area contributed by atoms with Crippen LogP contribution in [0, 0.1) is 28.8 Å². The van der Waals surface area contributed by atoms with Gasteiger partial charge < -0.3 is 5.73 Å². The van der Waals surface area contributed by atoms with E-state index in [9.17, 15) is 13.2 Å². The van der Waals surface area contributed by atoms with E-state index in [4.69, 9.17) is 11.0 Å². The van der Waals surface area contributed by atoms with E-state index < -0.39 is 23.0 Å². The summed E-state index contributed by atoms with van der Waals surface area (Å²) in [4.78, 5) is 3.48. The maximum Gasteiger partial charge on any atom is 0.185 e. The first kappa shape index (κ1) is 10.2. The molecule has 0 aliphatic rings. The summed E-state index contributed by atoms with van der Waals surface area (Å²) in [7, 11) is 0. The number of nitriles is 1. The van der Waals surface area contributed by atoms with Crippen molar-refractivity contribution >= 4 is 16.6 Å². The van der Waals surface area contributed by atoms with Crippen LogP contribution in [0.25, 0.3) is 10.9 Å². The van der Waals surface area contributed by atoms with Crippen molar-refractivity contribution in [2.75, 3.05) is 5.73 Å². The molecule has 80 valence electrons. The zero-order chi connectivity index (χ0) is 11.9. The Morgan fingerprint density at radius 2 is 1.94 bits per heavy atom. The molecule has 1 heterocycles. The first-order valence-corrected chi connectivity index (χ1v) is 4.18. The zero-order valence-electron chi connectivity index (χ0n) is 7.76. The molecular weight excluding hydrogens is 219 g/mol. The van der Waals surface area contributed by atoms with Crippen LogP contribution in [0.3, 0.4) is 0 Å². The van der Waals surface area contributed by atoms with Gasteiger partial charge in [0.1, 0.15) is 17.4 Å². The lowest BCUT2D eigenvalue weighted by Gasteiger charge is -2.05. The highest BCUT2D eigenvalue weighted by Crippen LogP contribution is 2.28. The molecule has 0 bridgehead atoms. The molecule has 0 fully saturated rings. The standard InChI is InChI=1S/C10H4F3N3/c11-5-1-6(12)8(13)10-7(5)9(15)4(2-14)3-16-10/h1,3H,(H2,15,16). The van der Waals surface area contributed by atoms with Crippen LogP contribution in [0.1, 0.15) is 5.56 Å². The molecule has 0 aliphatic heterocycles. The molecule has 1 aromatic carbocycles. The minimum absolute atomic E-state index is 0.0857. The Hall–Kier alpha value is -2.29. The van der Waals surface area contributed by atoms with Crippen molar-refractivity contribution in [1.29, 1.82) is 5.26 Å². The molecule has 0 saturated heterocycles. The first-order chi connectivity index (χ1) is 7.56. The van der Waals surface area contributed by atoms with Crippen LogP contribution in [0.15, 0.2) is 12.3 Å². The van der Waals surface area contributed by atoms with Crippen LogP contribution < -0.4 is 5.73 Å². The number of nitrogens with two attached hydrogens (primary N) is 1. The number of rotatable bonds is 0. The number of pyridine rings is 1. The molecule has 0 saturated carbocycles. The highest BCUT2D eigenvalue weighted by atomic mass is 19.2. The minimum Gasteiger partial charge on any atom is -0.397 e. The molecule has 6 heteroatoms. The quantitative estimate of drug-likeness (QED) is 0.695. The third-order valence-electron chi connectivity index (χ3n) is 2.15. The summed E-state index contributed by atoms with van der Waals surface area (Å²) in [5.41, 5.74) is 4.61. The van der Waals surface area contributed by atoms with Gasteiger partial charge in [0.15, 0.2) is 11.6 Å². The van der Waals surface area contributed by atoms with E-state index in [1.54, 1.807) is 6.07 Å². The molecule has 2 aromatic rings. The Kier molecular flexibility index (Phi) is 2.16. The fraction of sp³-hybridized carbons (Fsp3) is 0. The number of hydrogen-bond acceptors (Lipinski definition) is 3. The van der Waals surface area contributed by atoms with Gasteiger partial charge in [0, 0.05) is 12.3 Å². The number of aromatic nitrogens is 1. The zero-order valence-corrected chi connectivity index (χ0v) is 7.76. The summed E-state index contributed by atoms with van der Waals surface area (Å²) in [6.45, 7) is 0. The van der Waals surface area contributed by atoms with Gasteiger partial charge in [-0.3, -0.25) is 4.98 Å². The van der Waals surface area contributed by atoms with Crippen LogP contribution in [0.5, 0.6) is 0 Å². The third-order valence-corrected chi connectivity index (χ3v) is 2.15. The summed E-state index contributed by atoms with van der Waals surface area (Å²) in [5.74, 6) is -3.68. The van der Waals surface area contributed by atoms with Crippen molar-refractivity contribution in [3.63, 3.8) is 0 Å². The highest BCUT2D eigenvalue weighted by Gasteiger charge is 2.17. The summed E-state index contributed by atoms with van der Waals surface area (Å²) < 4.78 is 39.5. The summed E-state index contributed by atoms with van der Waals surface area (Å²) in [6, 6.07) is 2.05. The molecule has 0 spiro atoms. The molecule has 0 aliphatic carbocycles. The van der Waals surface area contributed by atoms with E-state index in [-0.39, 0.29) is 16.6 Å². The molecule has 0 amide bonds. The van der Waals surface area contributed by atoms with Crippen LogP contribution in [0.4, 0.5) is 18.9 Å². The van der Waals surface area contributed by atoms with Crippen LogP contribution in [-0.4, -0.2) is 4.98 Å². The molecular formula is C10H4F3N3. The smallest absolute Gasteiger partial charge is 0.185 e. The van der Waals surface area contributed by atoms with Gasteiger partial charge in [0.05, 0.1) is 16.6 Å². The molecule has 16 heavy (non-hydrogen) atoms. The second-order valence-electron chi connectivity index (χ2n) is 3.08. The lowest BCUT2D eigenvalue weighted by atomic mass is 10.1. The number of anilines is 1. The van der Waals surface area contributed by atoms with Gasteiger partial charge in [-0.1, -0.05) is 0 Å². The van der Waals surface area contributed by atoms with Gasteiger partial charge in [0.25, 0.3) is 0 Å². The Morgan fingerprint density at radius 1 is 1.25 bits per heavy atom. The lowest BCUT2D eigenvalue weighted by molar-refractivity contribution is 0.504. The Bertz CT molecular complexity index is 631. The van der Waals surface area contributed by atoms with Crippen LogP contribution in [0.2, 0.25) is 0 Å². The van der Waals surface area contributed by atoms with Crippen molar-refractivity contribution in [1.82, 2.24) is 4.98 Å². The van der Waals surface area contributed by atoms with Crippen molar-refractivity contribution in [3.05, 3.63) is 35.3 Å². The fourth-order valence-corrected chi connectivity index (χ4v) is 1.38. The normalized spacial score (nSPS) is 10.4. The fourth-order valence-electron chi connectivity index (χ4n) is 1.38. The largest absolute Gasteiger partial charge is 0.397 e. The summed E-state index contributed by atoms with van der Waals surface area (Å²) in [5, 5.41) is 8.26. The monoisotopic (exact) mass is 223 g/mol. The third kappa shape index (κ3) is 1.26. The minimum atomic E-state index is -1.35. The molecule has 1 aromatic heterocycles. The Labute approximate surface area is 87.9 Å². The first-order valence-electron chi connectivity index (χ1n) is 4.18. The van der Waals surface area contributed by atoms with E-state index >= 15 is 0 Å². The number of hydrogen-bond donors (Lipinski definition) is 1. The van der Waals surface area contributed by atoms with Gasteiger partial charge in [0.2, 0.25) is 0 Å². The number of nitrogens with zero attached hydrogens (tertiary/aromatic N) is 2. The molecule has 3 nitrogen and oxygen atoms in total. The highest BCUT2D eigenvalue weighted by molar-refractivity contribution is 5.93. The average molecular weight is 223 g/mol. The molecule has 0 atom stereocenters. The second-order valence-corrected chi connectivity index (χ2v) is 3.08. The average Bonchev–Trinajstić information content (AvgIpc) is 2.25. The Balaban J connectivity index is 3.02. The predicted molar refractivity (Wildman–Crippen MR) is 50.7 cm³/mol. The van der Waals surface area contributed by atoms with Gasteiger partial charge in [-0.2, -0.15) is 5.26 Å². The predicted octanol–water partition coefficient (Wildman–Crippen LogP) is 2.11. The van der Waals surface area contributed by atoms with E-state index in [0.29, 0.717) is 6.07 Å². The maximum absolute atomic E-state index is 13.4. The molecule has 0 unspecified atom stereocenters. The second kappa shape index (κ2) is 3.38. The van der Waals surface area contributed by atoms with Gasteiger partial charge >= 0.3 is 0 Å². The van der Waals surface area contributed by atoms with Crippen molar-refractivity contribution in [2.45, 2.75) is 0 Å². The topological polar surface area (TPSA) is 62.7 Å². The van der Waals surface area contributed by atoms with E-state index in [1.807, 2.05) is 0 Å². The van der Waals surface area contributed by atoms with E-state index in [1.165, 1.54) is 0 Å². The van der Waals surface area contributed by atoms with Gasteiger partial charge in [-0.15, -0.1) is 0 Å². The Morgan fingerprint density at radius 3 is 2.56 bits per heavy atom. The lowest BCUT2D eigenvalue weighted by Crippen LogP contribution is -2.00. The van der Waals surface area contributed by atoms with Crippen LogP contribution >= 0.6 is 0 Å². The maximum atomic E-state index is 13.4. The van der Waals surface area contributed by atoms with Crippen molar-refractivity contribution in [2.24, 2.45) is 0 Å². The van der Waals surface area contributed by atoms with Crippen LogP contribution in [-0.2, 0) is 0 Å². The molecule has 0 radical (unpaired) electrons. The molecule has 2 N–H and O–H groups in total. The molecule has 2 rings (SSSR count). The summed E-state index contributed by atoms with van der Waals surface area (Å²) >= 11 is 0. The van der Waals surface area contributed by atoms with Gasteiger partial charge in [-0.05, 0) is 0 Å².